The van der Waals surface area contributed by atoms with E-state index in [-0.39, 0.29) is 28.4 Å². The highest BCUT2D eigenvalue weighted by Gasteiger charge is 2.27. The van der Waals surface area contributed by atoms with Crippen LogP contribution in [0.4, 0.5) is 5.69 Å². The van der Waals surface area contributed by atoms with E-state index in [0.717, 1.165) is 25.7 Å². The van der Waals surface area contributed by atoms with E-state index in [4.69, 9.17) is 16.3 Å². The van der Waals surface area contributed by atoms with Gasteiger partial charge in [0.1, 0.15) is 5.75 Å². The van der Waals surface area contributed by atoms with Crippen molar-refractivity contribution in [3.63, 3.8) is 0 Å². The first kappa shape index (κ1) is 17.5. The van der Waals surface area contributed by atoms with Crippen molar-refractivity contribution in [1.29, 1.82) is 0 Å². The van der Waals surface area contributed by atoms with Crippen LogP contribution in [0.25, 0.3) is 0 Å². The SMILES string of the molecule is CC(Oc1ccc([N+](=O)[O-])cc1Cl)C(=O)N(C)C1CCCCC1. The molecule has 1 saturated carbocycles. The van der Waals surface area contributed by atoms with E-state index in [1.165, 1.54) is 24.6 Å². The Morgan fingerprint density at radius 3 is 2.61 bits per heavy atom. The topological polar surface area (TPSA) is 72.7 Å². The van der Waals surface area contributed by atoms with Gasteiger partial charge in [0.15, 0.2) is 6.10 Å². The molecular weight excluding hydrogens is 320 g/mol. The molecule has 1 atom stereocenters. The number of hydrogen-bond donors (Lipinski definition) is 0. The summed E-state index contributed by atoms with van der Waals surface area (Å²) in [6.45, 7) is 1.67. The van der Waals surface area contributed by atoms with Gasteiger partial charge in [-0.1, -0.05) is 30.9 Å². The van der Waals surface area contributed by atoms with E-state index >= 15 is 0 Å². The van der Waals surface area contributed by atoms with Gasteiger partial charge < -0.3 is 9.64 Å². The van der Waals surface area contributed by atoms with E-state index in [9.17, 15) is 14.9 Å². The third kappa shape index (κ3) is 4.34. The number of ether oxygens (including phenoxy) is 1. The zero-order valence-electron chi connectivity index (χ0n) is 13.3. The Bertz CT molecular complexity index is 587. The molecule has 2 rings (SSSR count). The summed E-state index contributed by atoms with van der Waals surface area (Å²) in [6, 6.07) is 4.21. The van der Waals surface area contributed by atoms with Crippen LogP contribution >= 0.6 is 11.6 Å². The minimum absolute atomic E-state index is 0.105. The molecule has 1 fully saturated rings. The summed E-state index contributed by atoms with van der Waals surface area (Å²) in [7, 11) is 1.80. The maximum absolute atomic E-state index is 12.5. The van der Waals surface area contributed by atoms with Gasteiger partial charge in [0.25, 0.3) is 11.6 Å². The lowest BCUT2D eigenvalue weighted by molar-refractivity contribution is -0.384. The number of carbonyl (C=O) groups excluding carboxylic acids is 1. The van der Waals surface area contributed by atoms with Crippen LogP contribution in [0.5, 0.6) is 5.75 Å². The van der Waals surface area contributed by atoms with Crippen molar-refractivity contribution in [2.45, 2.75) is 51.2 Å². The quantitative estimate of drug-likeness (QED) is 0.603. The molecule has 1 amide bonds. The molecule has 23 heavy (non-hydrogen) atoms. The second kappa shape index (κ2) is 7.64. The summed E-state index contributed by atoms with van der Waals surface area (Å²) in [4.78, 5) is 24.4. The number of non-ortho nitro benzene ring substituents is 1. The third-order valence-corrected chi connectivity index (χ3v) is 4.54. The molecule has 0 aliphatic heterocycles. The fourth-order valence-corrected chi connectivity index (χ4v) is 3.09. The molecule has 0 aromatic heterocycles. The Labute approximate surface area is 140 Å². The first-order chi connectivity index (χ1) is 10.9. The molecule has 0 heterocycles. The van der Waals surface area contributed by atoms with Crippen molar-refractivity contribution in [1.82, 2.24) is 4.90 Å². The van der Waals surface area contributed by atoms with Gasteiger partial charge in [0.2, 0.25) is 0 Å². The average Bonchev–Trinajstić information content (AvgIpc) is 2.55. The Morgan fingerprint density at radius 2 is 2.04 bits per heavy atom. The van der Waals surface area contributed by atoms with Gasteiger partial charge in [0, 0.05) is 25.2 Å². The molecule has 0 saturated heterocycles. The lowest BCUT2D eigenvalue weighted by atomic mass is 9.94. The summed E-state index contributed by atoms with van der Waals surface area (Å²) in [5.41, 5.74) is -0.111. The zero-order valence-corrected chi connectivity index (χ0v) is 14.1. The molecular formula is C16H21ClN2O4. The molecule has 1 aliphatic rings. The number of nitro groups is 1. The molecule has 7 heteroatoms. The third-order valence-electron chi connectivity index (χ3n) is 4.25. The molecule has 0 spiro atoms. The molecule has 1 unspecified atom stereocenters. The van der Waals surface area contributed by atoms with Gasteiger partial charge in [-0.15, -0.1) is 0 Å². The standard InChI is InChI=1S/C16H21ClN2O4/c1-11(16(20)18(2)12-6-4-3-5-7-12)23-15-9-8-13(19(21)22)10-14(15)17/h8-12H,3-7H2,1-2H3. The van der Waals surface area contributed by atoms with Crippen LogP contribution in [0.2, 0.25) is 5.02 Å². The smallest absolute Gasteiger partial charge is 0.271 e. The summed E-state index contributed by atoms with van der Waals surface area (Å²) < 4.78 is 5.61. The molecule has 0 N–H and O–H groups in total. The summed E-state index contributed by atoms with van der Waals surface area (Å²) in [5, 5.41) is 10.8. The van der Waals surface area contributed by atoms with Crippen LogP contribution in [0, 0.1) is 10.1 Å². The Hall–Kier alpha value is -1.82. The van der Waals surface area contributed by atoms with Gasteiger partial charge in [-0.3, -0.25) is 14.9 Å². The monoisotopic (exact) mass is 340 g/mol. The summed E-state index contributed by atoms with van der Waals surface area (Å²) >= 11 is 6.00. The van der Waals surface area contributed by atoms with Crippen LogP contribution in [0.1, 0.15) is 39.0 Å². The lowest BCUT2D eigenvalue weighted by Crippen LogP contribution is -2.44. The maximum atomic E-state index is 12.5. The van der Waals surface area contributed by atoms with Crippen molar-refractivity contribution in [3.05, 3.63) is 33.3 Å². The molecule has 1 aromatic carbocycles. The Morgan fingerprint density at radius 1 is 1.39 bits per heavy atom. The number of carbonyl (C=O) groups is 1. The average molecular weight is 341 g/mol. The van der Waals surface area contributed by atoms with E-state index in [1.54, 1.807) is 18.9 Å². The number of likely N-dealkylation sites (N-methyl/N-ethyl adjacent to an activating group) is 1. The first-order valence-corrected chi connectivity index (χ1v) is 8.15. The molecule has 1 aromatic rings. The van der Waals surface area contributed by atoms with E-state index in [1.807, 2.05) is 0 Å². The predicted octanol–water partition coefficient (Wildman–Crippen LogP) is 3.81. The van der Waals surface area contributed by atoms with Crippen LogP contribution in [0.3, 0.4) is 0 Å². The van der Waals surface area contributed by atoms with Crippen molar-refractivity contribution < 1.29 is 14.5 Å². The Balaban J connectivity index is 2.01. The van der Waals surface area contributed by atoms with E-state index < -0.39 is 11.0 Å². The maximum Gasteiger partial charge on any atom is 0.271 e. The highest BCUT2D eigenvalue weighted by molar-refractivity contribution is 6.32. The van der Waals surface area contributed by atoms with Gasteiger partial charge in [0.05, 0.1) is 9.95 Å². The fourth-order valence-electron chi connectivity index (χ4n) is 2.87. The Kier molecular flexibility index (Phi) is 5.82. The number of nitro benzene ring substituents is 1. The van der Waals surface area contributed by atoms with Gasteiger partial charge in [-0.2, -0.15) is 0 Å². The highest BCUT2D eigenvalue weighted by Crippen LogP contribution is 2.30. The van der Waals surface area contributed by atoms with Crippen LogP contribution in [-0.4, -0.2) is 34.9 Å². The van der Waals surface area contributed by atoms with Crippen molar-refractivity contribution in [3.8, 4) is 5.75 Å². The van der Waals surface area contributed by atoms with Crippen molar-refractivity contribution >= 4 is 23.2 Å². The fraction of sp³-hybridized carbons (Fsp3) is 0.562. The lowest BCUT2D eigenvalue weighted by Gasteiger charge is -2.33. The number of rotatable bonds is 5. The minimum Gasteiger partial charge on any atom is -0.479 e. The molecule has 1 aliphatic carbocycles. The van der Waals surface area contributed by atoms with Gasteiger partial charge >= 0.3 is 0 Å². The van der Waals surface area contributed by atoms with Crippen LogP contribution < -0.4 is 4.74 Å². The molecule has 126 valence electrons. The first-order valence-electron chi connectivity index (χ1n) is 7.77. The van der Waals surface area contributed by atoms with Gasteiger partial charge in [-0.05, 0) is 25.8 Å². The highest BCUT2D eigenvalue weighted by atomic mass is 35.5. The van der Waals surface area contributed by atoms with Crippen molar-refractivity contribution in [2.75, 3.05) is 7.05 Å². The second-order valence-corrected chi connectivity index (χ2v) is 6.28. The number of hydrogen-bond acceptors (Lipinski definition) is 4. The molecule has 6 nitrogen and oxygen atoms in total. The number of amides is 1. The molecule has 0 radical (unpaired) electrons. The van der Waals surface area contributed by atoms with Gasteiger partial charge in [-0.25, -0.2) is 0 Å². The van der Waals surface area contributed by atoms with Crippen LogP contribution in [0.15, 0.2) is 18.2 Å². The van der Waals surface area contributed by atoms with Crippen molar-refractivity contribution in [2.24, 2.45) is 0 Å². The minimum atomic E-state index is -0.694. The predicted molar refractivity (Wildman–Crippen MR) is 87.8 cm³/mol. The number of benzene rings is 1. The second-order valence-electron chi connectivity index (χ2n) is 5.87. The van der Waals surface area contributed by atoms with Crippen LogP contribution in [-0.2, 0) is 4.79 Å². The summed E-state index contributed by atoms with van der Waals surface area (Å²) in [5.74, 6) is 0.168. The number of halogens is 1. The number of nitrogens with zero attached hydrogens (tertiary/aromatic N) is 2. The normalized spacial score (nSPS) is 16.7. The van der Waals surface area contributed by atoms with E-state index in [2.05, 4.69) is 0 Å². The summed E-state index contributed by atoms with van der Waals surface area (Å²) in [6.07, 6.45) is 4.86. The molecule has 0 bridgehead atoms. The van der Waals surface area contributed by atoms with E-state index in [0.29, 0.717) is 0 Å². The zero-order chi connectivity index (χ0) is 17.0. The largest absolute Gasteiger partial charge is 0.479 e.